The maximum absolute atomic E-state index is 13.3. The van der Waals surface area contributed by atoms with Crippen LogP contribution in [-0.4, -0.2) is 40.3 Å². The highest BCUT2D eigenvalue weighted by Crippen LogP contribution is 2.37. The average molecular weight is 373 g/mol. The van der Waals surface area contributed by atoms with Crippen molar-refractivity contribution in [2.45, 2.75) is 19.1 Å². The van der Waals surface area contributed by atoms with E-state index in [0.29, 0.717) is 18.7 Å². The van der Waals surface area contributed by atoms with Crippen LogP contribution in [-0.2, 0) is 5.72 Å². The average Bonchev–Trinajstić information content (AvgIpc) is 2.98. The van der Waals surface area contributed by atoms with Crippen LogP contribution in [0.1, 0.15) is 18.9 Å². The van der Waals surface area contributed by atoms with Gasteiger partial charge in [-0.2, -0.15) is 0 Å². The van der Waals surface area contributed by atoms with Crippen molar-refractivity contribution in [1.82, 2.24) is 0 Å². The number of anilines is 1. The summed E-state index contributed by atoms with van der Waals surface area (Å²) in [5, 5.41) is 12.6. The normalized spacial score (nSPS) is 22.5. The fraction of sp³-hybridized carbons (Fsp3) is 0.350. The van der Waals surface area contributed by atoms with E-state index in [-0.39, 0.29) is 5.82 Å². The largest absolute Gasteiger partial charge is 0.494 e. The number of ether oxygens (including phenoxy) is 1. The minimum Gasteiger partial charge on any atom is -0.494 e. The molecule has 0 saturated carbocycles. The Balaban J connectivity index is 1.71. The first-order valence-corrected chi connectivity index (χ1v) is 9.86. The molecule has 2 aromatic carbocycles. The van der Waals surface area contributed by atoms with Crippen LogP contribution in [0.3, 0.4) is 0 Å². The van der Waals surface area contributed by atoms with Crippen LogP contribution in [0.25, 0.3) is 0 Å². The molecule has 1 N–H and O–H groups in total. The molecule has 2 aliphatic heterocycles. The lowest BCUT2D eigenvalue weighted by atomic mass is 10.0. The Kier molecular flexibility index (Phi) is 4.63. The maximum atomic E-state index is 13.3. The van der Waals surface area contributed by atoms with Gasteiger partial charge in [0, 0.05) is 11.3 Å². The summed E-state index contributed by atoms with van der Waals surface area (Å²) in [6.07, 6.45) is 1.01. The molecule has 0 amide bonds. The van der Waals surface area contributed by atoms with Gasteiger partial charge in [0.15, 0.2) is 6.54 Å². The number of benzene rings is 2. The van der Waals surface area contributed by atoms with Gasteiger partial charge in [0.2, 0.25) is 0 Å². The summed E-state index contributed by atoms with van der Waals surface area (Å²) in [5.41, 5.74) is 0.572. The Hall–Kier alpha value is -2.05. The quantitative estimate of drug-likeness (QED) is 0.834. The molecule has 4 nitrogen and oxygen atoms in total. The van der Waals surface area contributed by atoms with Crippen LogP contribution in [0.4, 0.5) is 10.1 Å². The zero-order valence-electron chi connectivity index (χ0n) is 14.7. The Morgan fingerprint density at radius 2 is 1.92 bits per heavy atom. The van der Waals surface area contributed by atoms with E-state index in [1.165, 1.54) is 12.1 Å². The van der Waals surface area contributed by atoms with Crippen molar-refractivity contribution < 1.29 is 18.8 Å². The van der Waals surface area contributed by atoms with Crippen LogP contribution in [0, 0.1) is 5.82 Å². The lowest BCUT2D eigenvalue weighted by Crippen LogP contribution is -2.41. The second-order valence-corrected chi connectivity index (χ2v) is 7.53. The third-order valence-corrected chi connectivity index (χ3v) is 6.00. The number of nitrogens with zero attached hydrogens (tertiary/aromatic N) is 2. The Labute approximate surface area is 156 Å². The van der Waals surface area contributed by atoms with Gasteiger partial charge in [0.05, 0.1) is 13.2 Å². The zero-order chi connectivity index (χ0) is 18.1. The van der Waals surface area contributed by atoms with Gasteiger partial charge >= 0.3 is 5.17 Å². The number of hydrogen-bond acceptors (Lipinski definition) is 4. The predicted molar refractivity (Wildman–Crippen MR) is 102 cm³/mol. The highest BCUT2D eigenvalue weighted by molar-refractivity contribution is 8.13. The maximum Gasteiger partial charge on any atom is 0.316 e. The summed E-state index contributed by atoms with van der Waals surface area (Å²) in [4.78, 5) is 2.14. The van der Waals surface area contributed by atoms with Crippen molar-refractivity contribution >= 4 is 22.6 Å². The zero-order valence-corrected chi connectivity index (χ0v) is 15.5. The van der Waals surface area contributed by atoms with Crippen molar-refractivity contribution in [3.05, 3.63) is 59.9 Å². The SMILES string of the molecule is CCOc1ccc(N2C[C@@](O)(c3ccc(F)cc3)[N+]3=C2SCCC3)cc1. The smallest absolute Gasteiger partial charge is 0.316 e. The summed E-state index contributed by atoms with van der Waals surface area (Å²) in [6, 6.07) is 14.1. The highest BCUT2D eigenvalue weighted by atomic mass is 32.2. The number of rotatable bonds is 4. The molecule has 2 aromatic rings. The molecule has 0 unspecified atom stereocenters. The third kappa shape index (κ3) is 2.97. The van der Waals surface area contributed by atoms with Gasteiger partial charge in [-0.15, -0.1) is 0 Å². The fourth-order valence-electron chi connectivity index (χ4n) is 3.55. The van der Waals surface area contributed by atoms with Crippen molar-refractivity contribution in [2.75, 3.05) is 30.3 Å². The summed E-state index contributed by atoms with van der Waals surface area (Å²) < 4.78 is 20.9. The molecule has 2 aliphatic rings. The van der Waals surface area contributed by atoms with Crippen LogP contribution in [0.2, 0.25) is 0 Å². The van der Waals surface area contributed by atoms with E-state index < -0.39 is 5.72 Å². The monoisotopic (exact) mass is 373 g/mol. The highest BCUT2D eigenvalue weighted by Gasteiger charge is 2.53. The van der Waals surface area contributed by atoms with Gasteiger partial charge in [0.1, 0.15) is 17.3 Å². The molecule has 0 fully saturated rings. The first kappa shape index (κ1) is 17.4. The second kappa shape index (κ2) is 6.93. The topological polar surface area (TPSA) is 35.7 Å². The summed E-state index contributed by atoms with van der Waals surface area (Å²) >= 11 is 1.75. The minimum atomic E-state index is -1.16. The molecule has 26 heavy (non-hydrogen) atoms. The molecule has 2 heterocycles. The van der Waals surface area contributed by atoms with E-state index in [1.54, 1.807) is 23.9 Å². The second-order valence-electron chi connectivity index (χ2n) is 6.47. The lowest BCUT2D eigenvalue weighted by Gasteiger charge is -2.24. The van der Waals surface area contributed by atoms with Crippen LogP contribution in [0.15, 0.2) is 48.5 Å². The van der Waals surface area contributed by atoms with Gasteiger partial charge in [-0.05, 0) is 73.6 Å². The molecular formula is C20H22FN2O2S+. The number of aliphatic hydroxyl groups is 1. The Morgan fingerprint density at radius 1 is 1.19 bits per heavy atom. The fourth-order valence-corrected chi connectivity index (χ4v) is 4.73. The summed E-state index contributed by atoms with van der Waals surface area (Å²) in [5.74, 6) is 1.57. The molecule has 0 bridgehead atoms. The van der Waals surface area contributed by atoms with E-state index in [2.05, 4.69) is 4.90 Å². The number of amidine groups is 1. The molecule has 6 heteroatoms. The predicted octanol–water partition coefficient (Wildman–Crippen LogP) is 3.40. The van der Waals surface area contributed by atoms with Crippen LogP contribution >= 0.6 is 11.8 Å². The van der Waals surface area contributed by atoms with Gasteiger partial charge in [-0.25, -0.2) is 13.9 Å². The van der Waals surface area contributed by atoms with E-state index in [0.717, 1.165) is 35.3 Å². The van der Waals surface area contributed by atoms with Gasteiger partial charge in [-0.1, -0.05) is 0 Å². The van der Waals surface area contributed by atoms with Crippen molar-refractivity contribution in [2.24, 2.45) is 0 Å². The van der Waals surface area contributed by atoms with E-state index in [1.807, 2.05) is 35.8 Å². The van der Waals surface area contributed by atoms with E-state index >= 15 is 0 Å². The Bertz CT molecular complexity index is 823. The summed E-state index contributed by atoms with van der Waals surface area (Å²) in [6.45, 7) is 3.79. The summed E-state index contributed by atoms with van der Waals surface area (Å²) in [7, 11) is 0. The van der Waals surface area contributed by atoms with Crippen LogP contribution < -0.4 is 9.64 Å². The first-order valence-electron chi connectivity index (χ1n) is 8.88. The lowest BCUT2D eigenvalue weighted by molar-refractivity contribution is -0.656. The van der Waals surface area contributed by atoms with Gasteiger partial charge in [-0.3, -0.25) is 0 Å². The number of β-amino-alcohol motifs (C(OH)–C–C–N with tert-alkyl or cyclic N) is 1. The van der Waals surface area contributed by atoms with E-state index in [9.17, 15) is 9.50 Å². The Morgan fingerprint density at radius 3 is 2.62 bits per heavy atom. The van der Waals surface area contributed by atoms with Crippen molar-refractivity contribution in [1.29, 1.82) is 0 Å². The van der Waals surface area contributed by atoms with Gasteiger partial charge in [0.25, 0.3) is 5.72 Å². The van der Waals surface area contributed by atoms with Crippen molar-refractivity contribution in [3.63, 3.8) is 0 Å². The van der Waals surface area contributed by atoms with Crippen LogP contribution in [0.5, 0.6) is 5.75 Å². The first-order chi connectivity index (χ1) is 12.6. The van der Waals surface area contributed by atoms with Crippen molar-refractivity contribution in [3.8, 4) is 5.75 Å². The number of hydrogen-bond donors (Lipinski definition) is 1. The molecule has 0 aliphatic carbocycles. The molecule has 0 saturated heterocycles. The number of halogens is 1. The molecule has 4 rings (SSSR count). The molecule has 0 spiro atoms. The standard InChI is InChI=1S/C20H22FN2O2S/c1-2-25-18-10-8-17(9-11-18)22-14-20(24,15-4-6-16(21)7-5-15)23-12-3-13-26-19(22)23/h4-11,24H,2-3,12-14H2,1H3/q+1/t20-/m1/s1. The molecule has 136 valence electrons. The van der Waals surface area contributed by atoms with E-state index in [4.69, 9.17) is 4.74 Å². The molecule has 0 aromatic heterocycles. The third-order valence-electron chi connectivity index (χ3n) is 4.81. The van der Waals surface area contributed by atoms with Gasteiger partial charge < -0.3 is 9.84 Å². The molecule has 0 radical (unpaired) electrons. The molecular weight excluding hydrogens is 351 g/mol. The molecule has 1 atom stereocenters. The number of thioether (sulfide) groups is 1. The minimum absolute atomic E-state index is 0.295.